The van der Waals surface area contributed by atoms with Crippen LogP contribution in [0.4, 0.5) is 10.1 Å². The summed E-state index contributed by atoms with van der Waals surface area (Å²) in [6, 6.07) is 9.27. The molecule has 21 heavy (non-hydrogen) atoms. The van der Waals surface area contributed by atoms with Gasteiger partial charge in [-0.05, 0) is 35.7 Å². The van der Waals surface area contributed by atoms with Crippen molar-refractivity contribution in [2.45, 2.75) is 18.9 Å². The Balaban J connectivity index is 1.95. The second-order valence-corrected chi connectivity index (χ2v) is 5.44. The maximum atomic E-state index is 13.1. The van der Waals surface area contributed by atoms with Gasteiger partial charge in [-0.25, -0.2) is 4.39 Å². The number of hydrogen-bond acceptors (Lipinski definition) is 2. The van der Waals surface area contributed by atoms with Gasteiger partial charge in [0.15, 0.2) is 0 Å². The van der Waals surface area contributed by atoms with Crippen LogP contribution in [0.3, 0.4) is 0 Å². The molecule has 0 saturated heterocycles. The summed E-state index contributed by atoms with van der Waals surface area (Å²) in [4.78, 5) is 11.3. The van der Waals surface area contributed by atoms with Crippen molar-refractivity contribution < 1.29 is 14.3 Å². The molecule has 0 bridgehead atoms. The Morgan fingerprint density at radius 2 is 2.00 bits per heavy atom. The molecule has 0 saturated carbocycles. The lowest BCUT2D eigenvalue weighted by Crippen LogP contribution is -2.19. The molecule has 0 spiro atoms. The molecule has 5 heteroatoms. The molecule has 0 radical (unpaired) electrons. The highest BCUT2D eigenvalue weighted by atomic mass is 35.5. The molecule has 2 N–H and O–H groups in total. The smallest absolute Gasteiger partial charge is 0.224 e. The number of hydrogen-bond donors (Lipinski definition) is 2. The summed E-state index contributed by atoms with van der Waals surface area (Å²) in [5, 5.41) is 13.4. The maximum Gasteiger partial charge on any atom is 0.224 e. The molecule has 0 fully saturated rings. The van der Waals surface area contributed by atoms with E-state index in [1.165, 1.54) is 18.2 Å². The predicted octanol–water partition coefficient (Wildman–Crippen LogP) is 3.45. The van der Waals surface area contributed by atoms with E-state index in [1.807, 2.05) is 6.07 Å². The number of halogens is 2. The summed E-state index contributed by atoms with van der Waals surface area (Å²) in [5.74, 6) is -0.443. The molecule has 0 aromatic heterocycles. The van der Waals surface area contributed by atoms with Gasteiger partial charge in [0.25, 0.3) is 0 Å². The largest absolute Gasteiger partial charge is 0.384 e. The lowest BCUT2D eigenvalue weighted by Gasteiger charge is -2.20. The average Bonchev–Trinajstić information content (AvgIpc) is 2.46. The van der Waals surface area contributed by atoms with E-state index in [1.54, 1.807) is 12.1 Å². The summed E-state index contributed by atoms with van der Waals surface area (Å²) in [7, 11) is 0. The molecule has 108 valence electrons. The molecule has 3 nitrogen and oxygen atoms in total. The lowest BCUT2D eigenvalue weighted by atomic mass is 9.95. The van der Waals surface area contributed by atoms with E-state index in [2.05, 4.69) is 5.32 Å². The van der Waals surface area contributed by atoms with Gasteiger partial charge in [-0.3, -0.25) is 4.79 Å². The van der Waals surface area contributed by atoms with Gasteiger partial charge in [0.2, 0.25) is 5.91 Å². The minimum absolute atomic E-state index is 0.00243. The van der Waals surface area contributed by atoms with Crippen LogP contribution in [0.15, 0.2) is 36.4 Å². The molecular formula is C16H13ClFNO2. The minimum atomic E-state index is -0.930. The van der Waals surface area contributed by atoms with E-state index in [0.717, 1.165) is 11.3 Å². The number of nitrogens with one attached hydrogen (secondary N) is 1. The van der Waals surface area contributed by atoms with Gasteiger partial charge >= 0.3 is 0 Å². The van der Waals surface area contributed by atoms with Gasteiger partial charge in [0.05, 0.1) is 0 Å². The Morgan fingerprint density at radius 3 is 2.76 bits per heavy atom. The summed E-state index contributed by atoms with van der Waals surface area (Å²) in [5.41, 5.74) is 2.87. The zero-order valence-corrected chi connectivity index (χ0v) is 11.8. The van der Waals surface area contributed by atoms with Gasteiger partial charge in [-0.2, -0.15) is 0 Å². The van der Waals surface area contributed by atoms with Crippen LogP contribution in [0, 0.1) is 5.82 Å². The molecule has 1 aliphatic heterocycles. The maximum absolute atomic E-state index is 13.1. The number of aliphatic hydroxyl groups excluding tert-OH is 1. The molecule has 1 heterocycles. The Bertz CT molecular complexity index is 717. The molecule has 1 amide bonds. The van der Waals surface area contributed by atoms with Crippen molar-refractivity contribution in [1.29, 1.82) is 0 Å². The topological polar surface area (TPSA) is 49.3 Å². The Hall–Kier alpha value is -1.91. The van der Waals surface area contributed by atoms with Crippen LogP contribution >= 0.6 is 11.6 Å². The van der Waals surface area contributed by atoms with Crippen molar-refractivity contribution in [2.75, 3.05) is 5.32 Å². The van der Waals surface area contributed by atoms with Crippen molar-refractivity contribution >= 4 is 23.2 Å². The fourth-order valence-electron chi connectivity index (χ4n) is 2.48. The van der Waals surface area contributed by atoms with Crippen molar-refractivity contribution in [2.24, 2.45) is 0 Å². The van der Waals surface area contributed by atoms with Crippen LogP contribution in [-0.2, 0) is 11.2 Å². The van der Waals surface area contributed by atoms with Crippen molar-refractivity contribution in [3.05, 3.63) is 63.9 Å². The molecule has 0 aliphatic carbocycles. The average molecular weight is 306 g/mol. The third-order valence-electron chi connectivity index (χ3n) is 3.60. The number of benzene rings is 2. The number of aryl methyl sites for hydroxylation is 1. The number of carbonyl (C=O) groups is 1. The first kappa shape index (κ1) is 14.0. The van der Waals surface area contributed by atoms with Crippen LogP contribution in [-0.4, -0.2) is 11.0 Å². The van der Waals surface area contributed by atoms with Crippen molar-refractivity contribution in [3.63, 3.8) is 0 Å². The Kier molecular flexibility index (Phi) is 3.66. The van der Waals surface area contributed by atoms with Crippen LogP contribution < -0.4 is 5.32 Å². The fourth-order valence-corrected chi connectivity index (χ4v) is 2.75. The first-order chi connectivity index (χ1) is 10.0. The minimum Gasteiger partial charge on any atom is -0.384 e. The molecular weight excluding hydrogens is 293 g/mol. The monoisotopic (exact) mass is 305 g/mol. The van der Waals surface area contributed by atoms with Crippen molar-refractivity contribution in [3.8, 4) is 0 Å². The molecule has 3 rings (SSSR count). The zero-order chi connectivity index (χ0) is 15.0. The lowest BCUT2D eigenvalue weighted by molar-refractivity contribution is -0.116. The first-order valence-electron chi connectivity index (χ1n) is 6.60. The SMILES string of the molecule is O=C1CCc2cc(C(O)c3ccc(F)cc3Cl)ccc2N1. The standard InChI is InChI=1S/C16H13ClFNO2/c17-13-8-11(18)3-4-12(13)16(21)10-1-5-14-9(7-10)2-6-15(20)19-14/h1,3-5,7-8,16,21H,2,6H2,(H,19,20). The van der Waals surface area contributed by atoms with Gasteiger partial charge in [-0.15, -0.1) is 0 Å². The molecule has 1 atom stereocenters. The van der Waals surface area contributed by atoms with E-state index >= 15 is 0 Å². The summed E-state index contributed by atoms with van der Waals surface area (Å²) in [6.07, 6.45) is 0.143. The molecule has 1 unspecified atom stereocenters. The highest BCUT2D eigenvalue weighted by Crippen LogP contribution is 2.32. The fraction of sp³-hybridized carbons (Fsp3) is 0.188. The molecule has 1 aliphatic rings. The Morgan fingerprint density at radius 1 is 1.19 bits per heavy atom. The molecule has 2 aromatic rings. The number of anilines is 1. The Labute approximate surface area is 126 Å². The molecule has 2 aromatic carbocycles. The second kappa shape index (κ2) is 5.47. The van der Waals surface area contributed by atoms with Crippen LogP contribution in [0.1, 0.15) is 29.2 Å². The van der Waals surface area contributed by atoms with E-state index in [9.17, 15) is 14.3 Å². The van der Waals surface area contributed by atoms with E-state index < -0.39 is 11.9 Å². The number of rotatable bonds is 2. The number of fused-ring (bicyclic) bond motifs is 1. The van der Waals surface area contributed by atoms with Crippen LogP contribution in [0.2, 0.25) is 5.02 Å². The van der Waals surface area contributed by atoms with E-state index in [-0.39, 0.29) is 10.9 Å². The first-order valence-corrected chi connectivity index (χ1v) is 6.98. The third-order valence-corrected chi connectivity index (χ3v) is 3.92. The predicted molar refractivity (Wildman–Crippen MR) is 78.9 cm³/mol. The van der Waals surface area contributed by atoms with Gasteiger partial charge in [0.1, 0.15) is 11.9 Å². The number of amides is 1. The van der Waals surface area contributed by atoms with Crippen molar-refractivity contribution in [1.82, 2.24) is 0 Å². The summed E-state index contributed by atoms with van der Waals surface area (Å²) in [6.45, 7) is 0. The van der Waals surface area contributed by atoms with E-state index in [4.69, 9.17) is 11.6 Å². The highest BCUT2D eigenvalue weighted by Gasteiger charge is 2.19. The van der Waals surface area contributed by atoms with Gasteiger partial charge < -0.3 is 10.4 Å². The normalized spacial score (nSPS) is 15.3. The highest BCUT2D eigenvalue weighted by molar-refractivity contribution is 6.31. The summed E-state index contributed by atoms with van der Waals surface area (Å²) < 4.78 is 13.1. The third kappa shape index (κ3) is 2.77. The van der Waals surface area contributed by atoms with Gasteiger partial charge in [0, 0.05) is 22.7 Å². The number of aliphatic hydroxyl groups is 1. The van der Waals surface area contributed by atoms with Gasteiger partial charge in [-0.1, -0.05) is 29.8 Å². The summed E-state index contributed by atoms with van der Waals surface area (Å²) >= 11 is 5.98. The zero-order valence-electron chi connectivity index (χ0n) is 11.1. The quantitative estimate of drug-likeness (QED) is 0.893. The van der Waals surface area contributed by atoms with E-state index in [0.29, 0.717) is 24.0 Å². The number of carbonyl (C=O) groups excluding carboxylic acids is 1. The van der Waals surface area contributed by atoms with Crippen LogP contribution in [0.5, 0.6) is 0 Å². The second-order valence-electron chi connectivity index (χ2n) is 5.03. The van der Waals surface area contributed by atoms with Crippen LogP contribution in [0.25, 0.3) is 0 Å².